The van der Waals surface area contributed by atoms with Crippen LogP contribution in [-0.4, -0.2) is 38.3 Å². The summed E-state index contributed by atoms with van der Waals surface area (Å²) in [6.45, 7) is 2.22. The van der Waals surface area contributed by atoms with Crippen LogP contribution in [0.1, 0.15) is 11.3 Å². The molecule has 0 spiro atoms. The molecule has 0 amide bonds. The van der Waals surface area contributed by atoms with Gasteiger partial charge in [0.25, 0.3) is 0 Å². The average Bonchev–Trinajstić information content (AvgIpc) is 3.52. The van der Waals surface area contributed by atoms with Crippen molar-refractivity contribution in [1.29, 1.82) is 0 Å². The Morgan fingerprint density at radius 3 is 2.90 bits per heavy atom. The van der Waals surface area contributed by atoms with E-state index >= 15 is 0 Å². The first-order valence-electron chi connectivity index (χ1n) is 9.95. The highest BCUT2D eigenvalue weighted by Crippen LogP contribution is 2.30. The van der Waals surface area contributed by atoms with Crippen molar-refractivity contribution < 1.29 is 4.39 Å². The Morgan fingerprint density at radius 2 is 1.97 bits per heavy atom. The first kappa shape index (κ1) is 18.2. The lowest BCUT2D eigenvalue weighted by molar-refractivity contribution is 0.625. The van der Waals surface area contributed by atoms with Gasteiger partial charge < -0.3 is 9.88 Å². The van der Waals surface area contributed by atoms with E-state index in [4.69, 9.17) is 16.6 Å². The zero-order valence-corrected chi connectivity index (χ0v) is 17.1. The first-order chi connectivity index (χ1) is 15.2. The molecule has 2 aliphatic heterocycles. The molecule has 6 nitrogen and oxygen atoms in total. The number of nitrogens with zero attached hydrogens (tertiary/aromatic N) is 5. The number of anilines is 1. The number of rotatable bonds is 3. The molecular weight excluding hydrogens is 415 g/mol. The Kier molecular flexibility index (Phi) is 4.11. The lowest BCUT2D eigenvalue weighted by atomic mass is 9.99. The molecule has 1 N–H and O–H groups in total. The molecule has 0 saturated carbocycles. The van der Waals surface area contributed by atoms with Crippen LogP contribution in [0.4, 0.5) is 10.3 Å². The van der Waals surface area contributed by atoms with E-state index < -0.39 is 0 Å². The molecule has 4 aromatic rings. The van der Waals surface area contributed by atoms with Gasteiger partial charge in [-0.25, -0.2) is 14.4 Å². The van der Waals surface area contributed by atoms with Gasteiger partial charge >= 0.3 is 0 Å². The maximum atomic E-state index is 14.5. The number of halogens is 2. The summed E-state index contributed by atoms with van der Waals surface area (Å²) in [6, 6.07) is 10.3. The van der Waals surface area contributed by atoms with Gasteiger partial charge in [-0.1, -0.05) is 17.7 Å². The monoisotopic (exact) mass is 430 g/mol. The summed E-state index contributed by atoms with van der Waals surface area (Å²) in [5.41, 5.74) is 5.97. The van der Waals surface area contributed by atoms with E-state index in [1.54, 1.807) is 6.07 Å². The van der Waals surface area contributed by atoms with Gasteiger partial charge in [0.05, 0.1) is 40.9 Å². The molecule has 0 saturated heterocycles. The second-order valence-electron chi connectivity index (χ2n) is 7.44. The molecule has 5 heterocycles. The van der Waals surface area contributed by atoms with Crippen LogP contribution in [0.5, 0.6) is 0 Å². The third kappa shape index (κ3) is 3.00. The molecule has 0 fully saturated rings. The fourth-order valence-electron chi connectivity index (χ4n) is 4.09. The van der Waals surface area contributed by atoms with Gasteiger partial charge in [-0.3, -0.25) is 9.98 Å². The Morgan fingerprint density at radius 1 is 1.03 bits per heavy atom. The normalized spacial score (nSPS) is 15.0. The largest absolute Gasteiger partial charge is 0.354 e. The number of nitrogens with one attached hydrogen (secondary N) is 1. The van der Waals surface area contributed by atoms with Crippen molar-refractivity contribution in [2.24, 2.45) is 4.99 Å². The standard InChI is InChI=1S/C23H16ClFN6/c24-14-1-2-17(25)16(10-14)22-15(5-6-26-22)18-3-4-19-20(30-18)9-13(11-28-19)21-12-29-23-27-7-8-31(21)23/h1-5,9-12H,6-8H2,(H,27,29). The van der Waals surface area contributed by atoms with Gasteiger partial charge in [0.15, 0.2) is 0 Å². The molecule has 2 aliphatic rings. The summed E-state index contributed by atoms with van der Waals surface area (Å²) in [6.07, 6.45) is 5.65. The zero-order chi connectivity index (χ0) is 20.9. The number of aromatic nitrogens is 4. The maximum absolute atomic E-state index is 14.5. The van der Waals surface area contributed by atoms with E-state index in [-0.39, 0.29) is 5.82 Å². The predicted molar refractivity (Wildman–Crippen MR) is 120 cm³/mol. The van der Waals surface area contributed by atoms with Crippen LogP contribution < -0.4 is 5.32 Å². The number of hydrogen-bond donors (Lipinski definition) is 1. The molecule has 31 heavy (non-hydrogen) atoms. The molecule has 0 aliphatic carbocycles. The van der Waals surface area contributed by atoms with Crippen molar-refractivity contribution in [2.45, 2.75) is 6.54 Å². The third-order valence-corrected chi connectivity index (χ3v) is 5.80. The van der Waals surface area contributed by atoms with Crippen molar-refractivity contribution in [3.05, 3.63) is 77.0 Å². The minimum Gasteiger partial charge on any atom is -0.354 e. The van der Waals surface area contributed by atoms with E-state index in [9.17, 15) is 4.39 Å². The minimum absolute atomic E-state index is 0.358. The highest BCUT2D eigenvalue weighted by atomic mass is 35.5. The second-order valence-corrected chi connectivity index (χ2v) is 7.87. The number of pyridine rings is 2. The molecular formula is C23H16ClFN6. The van der Waals surface area contributed by atoms with Crippen LogP contribution in [0.3, 0.4) is 0 Å². The summed E-state index contributed by atoms with van der Waals surface area (Å²) in [4.78, 5) is 18.3. The minimum atomic E-state index is -0.358. The SMILES string of the molecule is Fc1ccc(Cl)cc1C1=NCC=C1c1ccc2ncc(-c3cnc4n3CCN4)cc2n1. The van der Waals surface area contributed by atoms with Gasteiger partial charge in [-0.05, 0) is 36.4 Å². The summed E-state index contributed by atoms with van der Waals surface area (Å²) >= 11 is 6.10. The van der Waals surface area contributed by atoms with Gasteiger partial charge in [0, 0.05) is 41.0 Å². The Hall–Kier alpha value is -3.58. The van der Waals surface area contributed by atoms with Gasteiger partial charge in [0.2, 0.25) is 5.95 Å². The Labute approximate surface area is 182 Å². The molecule has 0 bridgehead atoms. The van der Waals surface area contributed by atoms with Crippen molar-refractivity contribution >= 4 is 39.9 Å². The van der Waals surface area contributed by atoms with Crippen molar-refractivity contribution in [1.82, 2.24) is 19.5 Å². The summed E-state index contributed by atoms with van der Waals surface area (Å²) in [5, 5.41) is 3.72. The zero-order valence-electron chi connectivity index (χ0n) is 16.3. The smallest absolute Gasteiger partial charge is 0.203 e. The number of allylic oxidation sites excluding steroid dienone is 1. The topological polar surface area (TPSA) is 68.0 Å². The molecule has 0 radical (unpaired) electrons. The Bertz CT molecular complexity index is 1420. The fraction of sp³-hybridized carbons (Fsp3) is 0.130. The predicted octanol–water partition coefficient (Wildman–Crippen LogP) is 4.60. The fourth-order valence-corrected chi connectivity index (χ4v) is 4.27. The van der Waals surface area contributed by atoms with Gasteiger partial charge in [-0.15, -0.1) is 0 Å². The lowest BCUT2D eigenvalue weighted by Crippen LogP contribution is -2.06. The number of aliphatic imine (C=N–C) groups is 1. The van der Waals surface area contributed by atoms with Crippen molar-refractivity contribution in [2.75, 3.05) is 18.4 Å². The van der Waals surface area contributed by atoms with E-state index in [0.29, 0.717) is 22.8 Å². The number of imidazole rings is 1. The van der Waals surface area contributed by atoms with Gasteiger partial charge in [-0.2, -0.15) is 0 Å². The molecule has 6 rings (SSSR count). The summed E-state index contributed by atoms with van der Waals surface area (Å²) < 4.78 is 16.6. The third-order valence-electron chi connectivity index (χ3n) is 5.57. The molecule has 3 aromatic heterocycles. The van der Waals surface area contributed by atoms with Crippen LogP contribution >= 0.6 is 11.6 Å². The Balaban J connectivity index is 1.42. The van der Waals surface area contributed by atoms with Crippen molar-refractivity contribution in [3.8, 4) is 11.3 Å². The summed E-state index contributed by atoms with van der Waals surface area (Å²) in [5.74, 6) is 0.515. The van der Waals surface area contributed by atoms with Crippen LogP contribution in [0.15, 0.2) is 59.9 Å². The number of hydrogen-bond acceptors (Lipinski definition) is 5. The van der Waals surface area contributed by atoms with E-state index in [0.717, 1.165) is 52.6 Å². The van der Waals surface area contributed by atoms with Crippen LogP contribution in [-0.2, 0) is 6.54 Å². The molecule has 1 aromatic carbocycles. The molecule has 0 unspecified atom stereocenters. The van der Waals surface area contributed by atoms with Gasteiger partial charge in [0.1, 0.15) is 5.82 Å². The van der Waals surface area contributed by atoms with Crippen LogP contribution in [0.25, 0.3) is 27.9 Å². The van der Waals surface area contributed by atoms with E-state index in [2.05, 4.69) is 24.8 Å². The second kappa shape index (κ2) is 6.99. The van der Waals surface area contributed by atoms with Crippen LogP contribution in [0.2, 0.25) is 5.02 Å². The highest BCUT2D eigenvalue weighted by Gasteiger charge is 2.21. The first-order valence-corrected chi connectivity index (χ1v) is 10.3. The molecule has 8 heteroatoms. The maximum Gasteiger partial charge on any atom is 0.203 e. The lowest BCUT2D eigenvalue weighted by Gasteiger charge is -2.10. The highest BCUT2D eigenvalue weighted by molar-refractivity contribution is 6.35. The summed E-state index contributed by atoms with van der Waals surface area (Å²) in [7, 11) is 0. The van der Waals surface area contributed by atoms with E-state index in [1.165, 1.54) is 12.1 Å². The average molecular weight is 431 g/mol. The quantitative estimate of drug-likeness (QED) is 0.516. The number of benzene rings is 1. The molecule has 152 valence electrons. The van der Waals surface area contributed by atoms with E-state index in [1.807, 2.05) is 36.7 Å². The van der Waals surface area contributed by atoms with Crippen molar-refractivity contribution in [3.63, 3.8) is 0 Å². The number of fused-ring (bicyclic) bond motifs is 2. The van der Waals surface area contributed by atoms with Crippen LogP contribution in [0, 0.1) is 5.82 Å². The molecule has 0 atom stereocenters.